The van der Waals surface area contributed by atoms with Crippen LogP contribution in [0, 0.1) is 0 Å². The Labute approximate surface area is 98.9 Å². The fraction of sp³-hybridized carbons (Fsp3) is 0.333. The summed E-state index contributed by atoms with van der Waals surface area (Å²) in [5.41, 5.74) is 2.46. The summed E-state index contributed by atoms with van der Waals surface area (Å²) in [6.07, 6.45) is -1.42. The van der Waals surface area contributed by atoms with Gasteiger partial charge in [0.1, 0.15) is 0 Å². The van der Waals surface area contributed by atoms with E-state index in [0.717, 1.165) is 16.0 Å². The largest absolute Gasteiger partial charge is 0.449 e. The van der Waals surface area contributed by atoms with Crippen LogP contribution >= 0.6 is 0 Å². The number of nitrogens with zero attached hydrogens (tertiary/aromatic N) is 1. The number of anilines is 1. The van der Waals surface area contributed by atoms with E-state index in [1.807, 2.05) is 12.1 Å². The van der Waals surface area contributed by atoms with Gasteiger partial charge in [0.05, 0.1) is 18.9 Å². The molecule has 5 nitrogen and oxygen atoms in total. The molecule has 2 aliphatic rings. The minimum Gasteiger partial charge on any atom is -0.449 e. The van der Waals surface area contributed by atoms with E-state index in [1.54, 1.807) is 19.9 Å². The topological polar surface area (TPSA) is 55.8 Å². The first-order chi connectivity index (χ1) is 8.19. The van der Waals surface area contributed by atoms with Crippen molar-refractivity contribution in [2.75, 3.05) is 18.1 Å². The highest BCUT2D eigenvalue weighted by Gasteiger charge is 2.32. The van der Waals surface area contributed by atoms with Gasteiger partial charge in [-0.2, -0.15) is 4.90 Å². The van der Waals surface area contributed by atoms with Gasteiger partial charge < -0.3 is 9.47 Å². The summed E-state index contributed by atoms with van der Waals surface area (Å²) in [5, 5.41) is 0. The van der Waals surface area contributed by atoms with Crippen molar-refractivity contribution in [3.8, 4) is 11.1 Å². The summed E-state index contributed by atoms with van der Waals surface area (Å²) >= 11 is 0. The molecule has 0 fully saturated rings. The summed E-state index contributed by atoms with van der Waals surface area (Å²) in [6.45, 7) is 3.79. The first-order valence-corrected chi connectivity index (χ1v) is 5.47. The van der Waals surface area contributed by atoms with Gasteiger partial charge in [0.2, 0.25) is 0 Å². The molecule has 5 heteroatoms. The Balaban J connectivity index is 2.21. The summed E-state index contributed by atoms with van der Waals surface area (Å²) in [5.74, 6) is 0. The number of imide groups is 1. The van der Waals surface area contributed by atoms with Crippen LogP contribution in [-0.2, 0) is 9.47 Å². The van der Waals surface area contributed by atoms with Crippen molar-refractivity contribution in [3.05, 3.63) is 18.2 Å². The second-order valence-electron chi connectivity index (χ2n) is 3.47. The molecule has 0 unspecified atom stereocenters. The molecule has 0 atom stereocenters. The van der Waals surface area contributed by atoms with Crippen molar-refractivity contribution in [3.63, 3.8) is 0 Å². The monoisotopic (exact) mass is 235 g/mol. The van der Waals surface area contributed by atoms with E-state index in [0.29, 0.717) is 5.69 Å². The lowest BCUT2D eigenvalue weighted by Gasteiger charge is -2.18. The van der Waals surface area contributed by atoms with Gasteiger partial charge in [0.15, 0.2) is 0 Å². The van der Waals surface area contributed by atoms with Crippen LogP contribution in [0.4, 0.5) is 15.3 Å². The molecule has 90 valence electrons. The van der Waals surface area contributed by atoms with E-state index < -0.39 is 12.2 Å². The number of carbonyl (C=O) groups is 2. The van der Waals surface area contributed by atoms with Crippen molar-refractivity contribution in [2.24, 2.45) is 0 Å². The Kier molecular flexibility index (Phi) is 2.99. The molecule has 0 radical (unpaired) electrons. The zero-order valence-electron chi connectivity index (χ0n) is 9.73. The third-order valence-corrected chi connectivity index (χ3v) is 2.37. The summed E-state index contributed by atoms with van der Waals surface area (Å²) < 4.78 is 9.69. The predicted molar refractivity (Wildman–Crippen MR) is 62.0 cm³/mol. The van der Waals surface area contributed by atoms with Gasteiger partial charge in [0, 0.05) is 5.56 Å². The molecule has 0 aliphatic heterocycles. The van der Waals surface area contributed by atoms with Crippen LogP contribution in [0.5, 0.6) is 0 Å². The van der Waals surface area contributed by atoms with Crippen LogP contribution in [0.2, 0.25) is 0 Å². The lowest BCUT2D eigenvalue weighted by molar-refractivity contribution is 0.140. The second-order valence-corrected chi connectivity index (χ2v) is 3.47. The number of hydrogen-bond donors (Lipinski definition) is 0. The Morgan fingerprint density at radius 3 is 2.06 bits per heavy atom. The van der Waals surface area contributed by atoms with E-state index >= 15 is 0 Å². The van der Waals surface area contributed by atoms with E-state index in [-0.39, 0.29) is 13.2 Å². The van der Waals surface area contributed by atoms with Gasteiger partial charge in [-0.25, -0.2) is 9.59 Å². The second kappa shape index (κ2) is 4.45. The molecule has 0 saturated carbocycles. The van der Waals surface area contributed by atoms with E-state index in [4.69, 9.17) is 9.47 Å². The Morgan fingerprint density at radius 1 is 1.12 bits per heavy atom. The fourth-order valence-corrected chi connectivity index (χ4v) is 1.58. The maximum Gasteiger partial charge on any atom is 0.424 e. The van der Waals surface area contributed by atoms with Crippen LogP contribution in [0.25, 0.3) is 11.1 Å². The van der Waals surface area contributed by atoms with E-state index in [1.165, 1.54) is 0 Å². The van der Waals surface area contributed by atoms with Gasteiger partial charge in [0.25, 0.3) is 0 Å². The number of hydrogen-bond acceptors (Lipinski definition) is 4. The highest BCUT2D eigenvalue weighted by Crippen LogP contribution is 2.44. The number of ether oxygens (including phenoxy) is 2. The molecule has 17 heavy (non-hydrogen) atoms. The van der Waals surface area contributed by atoms with Crippen molar-refractivity contribution < 1.29 is 19.1 Å². The SMILES string of the molecule is CCOC(=O)N(C(=O)OCC)c1ccc2cc1-2. The molecule has 2 aliphatic carbocycles. The average molecular weight is 235 g/mol. The van der Waals surface area contributed by atoms with E-state index in [2.05, 4.69) is 0 Å². The van der Waals surface area contributed by atoms with Crippen LogP contribution in [-0.4, -0.2) is 25.4 Å². The highest BCUT2D eigenvalue weighted by molar-refractivity contribution is 6.14. The number of rotatable bonds is 3. The smallest absolute Gasteiger partial charge is 0.424 e. The average Bonchev–Trinajstić information content (AvgIpc) is 2.95. The number of benzene rings is 1. The van der Waals surface area contributed by atoms with Gasteiger partial charge >= 0.3 is 12.2 Å². The molecular formula is C12H13NO4. The standard InChI is InChI=1S/C12H13NO4/c1-3-16-11(14)13(12(15)17-4-2)10-6-5-8-7-9(8)10/h5-7H,3-4H2,1-2H3. The normalized spacial score (nSPS) is 10.7. The quantitative estimate of drug-likeness (QED) is 0.820. The molecule has 0 aromatic carbocycles. The van der Waals surface area contributed by atoms with Gasteiger partial charge in [-0.1, -0.05) is 6.07 Å². The number of amides is 2. The first-order valence-electron chi connectivity index (χ1n) is 5.47. The Bertz CT molecular complexity index is 452. The molecule has 0 heterocycles. The van der Waals surface area contributed by atoms with Crippen LogP contribution in [0.15, 0.2) is 18.2 Å². The predicted octanol–water partition coefficient (Wildman–Crippen LogP) is 2.79. The molecule has 2 amide bonds. The molecule has 0 spiro atoms. The first kappa shape index (κ1) is 11.4. The maximum absolute atomic E-state index is 11.7. The Hall–Kier alpha value is -2.04. The zero-order chi connectivity index (χ0) is 12.4. The molecule has 0 bridgehead atoms. The maximum atomic E-state index is 11.7. The fourth-order valence-electron chi connectivity index (χ4n) is 1.58. The van der Waals surface area contributed by atoms with Crippen molar-refractivity contribution in [2.45, 2.75) is 13.8 Å². The van der Waals surface area contributed by atoms with Crippen LogP contribution in [0.3, 0.4) is 0 Å². The molecule has 2 rings (SSSR count). The third-order valence-electron chi connectivity index (χ3n) is 2.37. The molecule has 0 N–H and O–H groups in total. The number of fused-ring (bicyclic) bond motifs is 1. The zero-order valence-corrected chi connectivity index (χ0v) is 9.73. The van der Waals surface area contributed by atoms with Crippen LogP contribution < -0.4 is 4.90 Å². The summed E-state index contributed by atoms with van der Waals surface area (Å²) in [4.78, 5) is 24.4. The molecule has 0 aromatic heterocycles. The summed E-state index contributed by atoms with van der Waals surface area (Å²) in [7, 11) is 0. The van der Waals surface area contributed by atoms with Gasteiger partial charge in [-0.05, 0) is 31.5 Å². The lowest BCUT2D eigenvalue weighted by Crippen LogP contribution is -2.37. The summed E-state index contributed by atoms with van der Waals surface area (Å²) in [6, 6.07) is 5.44. The molecule has 0 aromatic rings. The van der Waals surface area contributed by atoms with E-state index in [9.17, 15) is 9.59 Å². The Morgan fingerprint density at radius 2 is 1.71 bits per heavy atom. The van der Waals surface area contributed by atoms with Crippen molar-refractivity contribution >= 4 is 17.9 Å². The van der Waals surface area contributed by atoms with Gasteiger partial charge in [-0.3, -0.25) is 0 Å². The minimum atomic E-state index is -0.709. The molecular weight excluding hydrogens is 222 g/mol. The van der Waals surface area contributed by atoms with Crippen LogP contribution in [0.1, 0.15) is 13.8 Å². The third kappa shape index (κ3) is 2.08. The minimum absolute atomic E-state index is 0.210. The van der Waals surface area contributed by atoms with Gasteiger partial charge in [-0.15, -0.1) is 0 Å². The van der Waals surface area contributed by atoms with Crippen molar-refractivity contribution in [1.82, 2.24) is 0 Å². The van der Waals surface area contributed by atoms with Crippen molar-refractivity contribution in [1.29, 1.82) is 0 Å². The molecule has 0 saturated heterocycles. The highest BCUT2D eigenvalue weighted by atomic mass is 16.6. The lowest BCUT2D eigenvalue weighted by atomic mass is 10.4. The number of carbonyl (C=O) groups excluding carboxylic acids is 2.